The summed E-state index contributed by atoms with van der Waals surface area (Å²) in [4.78, 5) is 11.2. The van der Waals surface area contributed by atoms with Crippen molar-refractivity contribution in [3.05, 3.63) is 0 Å². The van der Waals surface area contributed by atoms with Gasteiger partial charge in [-0.05, 0) is 104 Å². The third-order valence-electron chi connectivity index (χ3n) is 10.6. The lowest BCUT2D eigenvalue weighted by molar-refractivity contribution is -0.203. The third-order valence-corrected chi connectivity index (χ3v) is 10.6. The van der Waals surface area contributed by atoms with Gasteiger partial charge in [-0.2, -0.15) is 0 Å². The Morgan fingerprint density at radius 3 is 2.43 bits per heavy atom. The van der Waals surface area contributed by atoms with Crippen molar-refractivity contribution in [2.45, 2.75) is 104 Å². The van der Waals surface area contributed by atoms with Crippen LogP contribution in [0, 0.1) is 52.3 Å². The monoisotopic (exact) mass is 422 g/mol. The van der Waals surface area contributed by atoms with E-state index in [-0.39, 0.29) is 47.0 Å². The van der Waals surface area contributed by atoms with Crippen LogP contribution in [0.1, 0.15) is 94.6 Å². The van der Waals surface area contributed by atoms with Crippen LogP contribution >= 0.6 is 0 Å². The van der Waals surface area contributed by atoms with Crippen LogP contribution in [0.3, 0.4) is 0 Å². The van der Waals surface area contributed by atoms with E-state index in [9.17, 15) is 16.4 Å². The molecule has 0 aromatic carbocycles. The van der Waals surface area contributed by atoms with Gasteiger partial charge in [0.1, 0.15) is 0 Å². The highest BCUT2D eigenvalue weighted by Crippen LogP contribution is 2.69. The van der Waals surface area contributed by atoms with Crippen LogP contribution < -0.4 is 0 Å². The van der Waals surface area contributed by atoms with Crippen LogP contribution in [0.2, 0.25) is 0 Å². The van der Waals surface area contributed by atoms with Crippen LogP contribution in [-0.4, -0.2) is 33.5 Å². The molecule has 0 aromatic heterocycles. The summed E-state index contributed by atoms with van der Waals surface area (Å²) in [7, 11) is 0. The molecule has 4 saturated carbocycles. The average Bonchev–Trinajstić information content (AvgIpc) is 3.04. The first-order valence-electron chi connectivity index (χ1n) is 13.5. The number of carboxylic acid groups (broad SMARTS) is 1. The van der Waals surface area contributed by atoms with Crippen LogP contribution in [0.4, 0.5) is 0 Å². The van der Waals surface area contributed by atoms with Crippen LogP contribution in [0.5, 0.6) is 0 Å². The molecular formula is C26H44O4. The Hall–Kier alpha value is -0.610. The minimum Gasteiger partial charge on any atom is -0.481 e. The van der Waals surface area contributed by atoms with E-state index >= 15 is 0 Å². The van der Waals surface area contributed by atoms with Gasteiger partial charge in [-0.25, -0.2) is 0 Å². The highest BCUT2D eigenvalue weighted by molar-refractivity contribution is 5.66. The Morgan fingerprint density at radius 1 is 1.10 bits per heavy atom. The smallest absolute Gasteiger partial charge is 0.303 e. The number of aliphatic hydroxyl groups is 2. The fraction of sp³-hybridized carbons (Fsp3) is 0.962. The summed E-state index contributed by atoms with van der Waals surface area (Å²) in [5.41, 5.74) is -0.0210. The number of carboxylic acids is 1. The maximum atomic E-state index is 11.9. The van der Waals surface area contributed by atoms with Gasteiger partial charge in [0.15, 0.2) is 0 Å². The minimum absolute atomic E-state index is 0.0125. The predicted octanol–water partition coefficient (Wildman–Crippen LogP) is 5.11. The number of hydrogen-bond donors (Lipinski definition) is 3. The van der Waals surface area contributed by atoms with E-state index in [1.54, 1.807) is 0 Å². The SMILES string of the molecule is [2H]C(C)[C@@H]1[C@@H]2C[C@H](O)CC[C@]2(C)[C@H]2CC[C@]3(C)[C@@H]([C@H](C)CCC(=O)O)CC[C@H]3[C@@H]2[C@]1([2H])O. The molecule has 0 aromatic rings. The Kier molecular flexibility index (Phi) is 5.38. The lowest BCUT2D eigenvalue weighted by Gasteiger charge is -2.64. The lowest BCUT2D eigenvalue weighted by atomic mass is 9.41. The zero-order valence-corrected chi connectivity index (χ0v) is 19.3. The van der Waals surface area contributed by atoms with Crippen molar-refractivity contribution in [3.63, 3.8) is 0 Å². The molecule has 0 amide bonds. The molecular weight excluding hydrogens is 376 g/mol. The molecule has 0 aliphatic heterocycles. The minimum atomic E-state index is -1.65. The summed E-state index contributed by atoms with van der Waals surface area (Å²) in [5.74, 6) is -0.0806. The zero-order valence-electron chi connectivity index (χ0n) is 21.3. The van der Waals surface area contributed by atoms with E-state index < -0.39 is 24.4 Å². The van der Waals surface area contributed by atoms with Crippen molar-refractivity contribution < 1.29 is 22.9 Å². The van der Waals surface area contributed by atoms with Gasteiger partial charge in [0, 0.05) is 7.79 Å². The zero-order chi connectivity index (χ0) is 23.6. The molecule has 30 heavy (non-hydrogen) atoms. The number of fused-ring (bicyclic) bond motifs is 5. The van der Waals surface area contributed by atoms with Gasteiger partial charge in [0.25, 0.3) is 0 Å². The van der Waals surface area contributed by atoms with Gasteiger partial charge in [0.05, 0.1) is 13.6 Å². The van der Waals surface area contributed by atoms with Crippen molar-refractivity contribution in [3.8, 4) is 0 Å². The van der Waals surface area contributed by atoms with E-state index in [4.69, 9.17) is 6.48 Å². The van der Waals surface area contributed by atoms with Crippen LogP contribution in [0.15, 0.2) is 0 Å². The van der Waals surface area contributed by atoms with Crippen LogP contribution in [-0.2, 0) is 4.79 Å². The lowest BCUT2D eigenvalue weighted by Crippen LogP contribution is -2.62. The summed E-state index contributed by atoms with van der Waals surface area (Å²) < 4.78 is 18.0. The largest absolute Gasteiger partial charge is 0.481 e. The highest BCUT2D eigenvalue weighted by atomic mass is 16.4. The Labute approximate surface area is 185 Å². The van der Waals surface area contributed by atoms with E-state index in [1.165, 1.54) is 0 Å². The van der Waals surface area contributed by atoms with Crippen LogP contribution in [0.25, 0.3) is 0 Å². The average molecular weight is 423 g/mol. The number of carbonyl (C=O) groups is 1. The van der Waals surface area contributed by atoms with Gasteiger partial charge >= 0.3 is 5.97 Å². The Morgan fingerprint density at radius 2 is 1.77 bits per heavy atom. The van der Waals surface area contributed by atoms with Crippen molar-refractivity contribution in [2.24, 2.45) is 52.3 Å². The van der Waals surface area contributed by atoms with Gasteiger partial charge in [-0.3, -0.25) is 4.79 Å². The van der Waals surface area contributed by atoms with Crippen molar-refractivity contribution in [2.75, 3.05) is 0 Å². The molecule has 4 aliphatic carbocycles. The number of aliphatic carboxylic acids is 1. The van der Waals surface area contributed by atoms with Gasteiger partial charge in [-0.1, -0.05) is 34.1 Å². The molecule has 0 saturated heterocycles. The molecule has 4 nitrogen and oxygen atoms in total. The molecule has 4 aliphatic rings. The fourth-order valence-electron chi connectivity index (χ4n) is 9.01. The van der Waals surface area contributed by atoms with E-state index in [2.05, 4.69) is 20.8 Å². The van der Waals surface area contributed by atoms with E-state index in [0.29, 0.717) is 24.7 Å². The molecule has 1 unspecified atom stereocenters. The van der Waals surface area contributed by atoms with Gasteiger partial charge < -0.3 is 15.3 Å². The first kappa shape index (κ1) is 20.0. The summed E-state index contributed by atoms with van der Waals surface area (Å²) in [6.45, 7) is 8.68. The number of hydrogen-bond acceptors (Lipinski definition) is 3. The van der Waals surface area contributed by atoms with Gasteiger partial charge in [-0.15, -0.1) is 0 Å². The molecule has 172 valence electrons. The molecule has 0 bridgehead atoms. The predicted molar refractivity (Wildman–Crippen MR) is 118 cm³/mol. The maximum Gasteiger partial charge on any atom is 0.303 e. The first-order chi connectivity index (χ1) is 14.8. The van der Waals surface area contributed by atoms with Crippen molar-refractivity contribution in [1.82, 2.24) is 0 Å². The molecule has 4 heteroatoms. The normalized spacial score (nSPS) is 56.0. The standard InChI is InChI=1S/C26H44O4/c1-5-17-21-14-16(27)10-12-26(21,4)20-11-13-25(3)18(15(2)6-9-22(28)29)7-8-19(25)23(20)24(17)30/h15-21,23-24,27,30H,5-14H2,1-4H3,(H,28,29)/t15-,16-,17-,18-,19+,20+,21+,23+,24-,25-,26-/m1/s1/i5D,24D/t5?,15-,16-,17-,18-,19+,20+,21+,23+,24-,25-,26-. The molecule has 0 spiro atoms. The number of rotatable bonds is 5. The molecule has 0 heterocycles. The van der Waals surface area contributed by atoms with Crippen molar-refractivity contribution in [1.29, 1.82) is 0 Å². The second-order valence-electron chi connectivity index (χ2n) is 11.7. The Balaban J connectivity index is 1.69. The topological polar surface area (TPSA) is 77.8 Å². The Bertz CT molecular complexity index is 727. The first-order valence-corrected chi connectivity index (χ1v) is 12.4. The summed E-state index contributed by atoms with van der Waals surface area (Å²) in [6, 6.07) is 0. The molecule has 4 rings (SSSR count). The van der Waals surface area contributed by atoms with E-state index in [0.717, 1.165) is 38.5 Å². The second-order valence-corrected chi connectivity index (χ2v) is 11.7. The summed E-state index contributed by atoms with van der Waals surface area (Å²) >= 11 is 0. The maximum absolute atomic E-state index is 11.9. The van der Waals surface area contributed by atoms with E-state index in [1.807, 2.05) is 6.92 Å². The fourth-order valence-corrected chi connectivity index (χ4v) is 9.01. The number of aliphatic hydroxyl groups excluding tert-OH is 1. The molecule has 0 radical (unpaired) electrons. The van der Waals surface area contributed by atoms with Crippen molar-refractivity contribution >= 4 is 5.97 Å². The summed E-state index contributed by atoms with van der Waals surface area (Å²) in [5, 5.41) is 31.5. The highest BCUT2D eigenvalue weighted by Gasteiger charge is 2.64. The molecule has 4 fully saturated rings. The van der Waals surface area contributed by atoms with Gasteiger partial charge in [0.2, 0.25) is 0 Å². The quantitative estimate of drug-likeness (QED) is 0.575. The summed E-state index contributed by atoms with van der Waals surface area (Å²) in [6.07, 6.45) is 4.69. The third kappa shape index (κ3) is 3.36. The second kappa shape index (κ2) is 8.06. The molecule has 3 N–H and O–H groups in total. The molecule has 12 atom stereocenters.